The van der Waals surface area contributed by atoms with Crippen LogP contribution in [0.3, 0.4) is 0 Å². The Balaban J connectivity index is 2.16. The predicted octanol–water partition coefficient (Wildman–Crippen LogP) is 1.84. The van der Waals surface area contributed by atoms with Gasteiger partial charge in [0.05, 0.1) is 0 Å². The average molecular weight is 275 g/mol. The van der Waals surface area contributed by atoms with Crippen molar-refractivity contribution < 1.29 is 5.11 Å². The summed E-state index contributed by atoms with van der Waals surface area (Å²) >= 11 is 0. The Morgan fingerprint density at radius 3 is 2.40 bits per heavy atom. The van der Waals surface area contributed by atoms with Crippen LogP contribution in [0.25, 0.3) is 0 Å². The number of rotatable bonds is 4. The van der Waals surface area contributed by atoms with Gasteiger partial charge in [-0.3, -0.25) is 0 Å². The van der Waals surface area contributed by atoms with E-state index < -0.39 is 6.10 Å². The third-order valence-electron chi connectivity index (χ3n) is 3.81. The highest BCUT2D eigenvalue weighted by Gasteiger charge is 2.22. The van der Waals surface area contributed by atoms with Crippen molar-refractivity contribution in [2.75, 3.05) is 39.0 Å². The van der Waals surface area contributed by atoms with Crippen molar-refractivity contribution in [2.45, 2.75) is 19.4 Å². The third kappa shape index (κ3) is 3.52. The summed E-state index contributed by atoms with van der Waals surface area (Å²) in [5.41, 5.74) is 8.35. The van der Waals surface area contributed by atoms with Crippen LogP contribution in [0.5, 0.6) is 0 Å². The molecule has 4 heteroatoms. The monoisotopic (exact) mass is 275 g/mol. The predicted molar refractivity (Wildman–Crippen MR) is 83.3 cm³/mol. The van der Waals surface area contributed by atoms with Crippen LogP contribution in [0, 0.1) is 0 Å². The van der Waals surface area contributed by atoms with Crippen LogP contribution in [-0.4, -0.2) is 48.1 Å². The maximum absolute atomic E-state index is 10.7. The van der Waals surface area contributed by atoms with Gasteiger partial charge in [-0.15, -0.1) is 0 Å². The number of allylic oxidation sites excluding steroid dienone is 1. The highest BCUT2D eigenvalue weighted by Crippen LogP contribution is 2.26. The van der Waals surface area contributed by atoms with E-state index in [9.17, 15) is 5.11 Å². The number of hydrogen-bond acceptors (Lipinski definition) is 4. The zero-order valence-corrected chi connectivity index (χ0v) is 12.4. The summed E-state index contributed by atoms with van der Waals surface area (Å²) < 4.78 is 0. The normalized spacial score (nSPS) is 19.1. The average Bonchev–Trinajstić information content (AvgIpc) is 2.46. The first-order valence-corrected chi connectivity index (χ1v) is 7.29. The molecule has 1 atom stereocenters. The van der Waals surface area contributed by atoms with Gasteiger partial charge < -0.3 is 20.6 Å². The first-order valence-electron chi connectivity index (χ1n) is 7.29. The molecule has 3 N–H and O–H groups in total. The van der Waals surface area contributed by atoms with Gasteiger partial charge in [0, 0.05) is 37.6 Å². The number of aliphatic hydroxyl groups excluding tert-OH is 1. The lowest BCUT2D eigenvalue weighted by Gasteiger charge is -2.37. The topological polar surface area (TPSA) is 52.7 Å². The van der Waals surface area contributed by atoms with Crippen molar-refractivity contribution in [3.8, 4) is 0 Å². The summed E-state index contributed by atoms with van der Waals surface area (Å²) in [6, 6.07) is 7.48. The molecule has 110 valence electrons. The Labute approximate surface area is 121 Å². The smallest absolute Gasteiger partial charge is 0.118 e. The molecule has 4 nitrogen and oxygen atoms in total. The molecule has 20 heavy (non-hydrogen) atoms. The third-order valence-corrected chi connectivity index (χ3v) is 3.81. The van der Waals surface area contributed by atoms with Crippen LogP contribution in [0.2, 0.25) is 0 Å². The van der Waals surface area contributed by atoms with Gasteiger partial charge in [0.1, 0.15) is 6.10 Å². The van der Waals surface area contributed by atoms with Crippen LogP contribution in [0.1, 0.15) is 25.0 Å². The summed E-state index contributed by atoms with van der Waals surface area (Å²) in [6.45, 7) is 6.11. The van der Waals surface area contributed by atoms with Crippen molar-refractivity contribution in [3.05, 3.63) is 41.6 Å². The number of likely N-dealkylation sites (N-methyl/N-ethyl adjacent to an activating group) is 1. The molecule has 0 radical (unpaired) electrons. The molecule has 0 bridgehead atoms. The lowest BCUT2D eigenvalue weighted by Crippen LogP contribution is -2.44. The zero-order valence-electron chi connectivity index (χ0n) is 12.4. The number of nitrogens with two attached hydrogens (primary N) is 1. The number of nitrogen functional groups attached to an aromatic ring is 1. The van der Waals surface area contributed by atoms with Gasteiger partial charge in [0.15, 0.2) is 0 Å². The van der Waals surface area contributed by atoms with E-state index in [4.69, 9.17) is 5.73 Å². The SMILES string of the molecule is CC/C=C(\C(O)c1ccc(N)cc1)N1CCN(C)CC1. The quantitative estimate of drug-likeness (QED) is 0.823. The molecule has 0 aromatic heterocycles. The molecule has 1 heterocycles. The summed E-state index contributed by atoms with van der Waals surface area (Å²) in [7, 11) is 2.14. The van der Waals surface area contributed by atoms with E-state index in [-0.39, 0.29) is 0 Å². The Hall–Kier alpha value is -1.52. The second-order valence-corrected chi connectivity index (χ2v) is 5.40. The van der Waals surface area contributed by atoms with E-state index in [1.54, 1.807) is 0 Å². The fourth-order valence-corrected chi connectivity index (χ4v) is 2.54. The minimum Gasteiger partial charge on any atom is -0.399 e. The molecule has 0 spiro atoms. The fourth-order valence-electron chi connectivity index (χ4n) is 2.54. The number of piperazine rings is 1. The Morgan fingerprint density at radius 1 is 1.25 bits per heavy atom. The molecule has 1 aromatic rings. The van der Waals surface area contributed by atoms with Gasteiger partial charge in [-0.05, 0) is 31.2 Å². The summed E-state index contributed by atoms with van der Waals surface area (Å²) in [6.07, 6.45) is 2.49. The van der Waals surface area contributed by atoms with Crippen molar-refractivity contribution in [1.29, 1.82) is 0 Å². The lowest BCUT2D eigenvalue weighted by atomic mass is 10.0. The van der Waals surface area contributed by atoms with Gasteiger partial charge in [0.25, 0.3) is 0 Å². The van der Waals surface area contributed by atoms with E-state index in [0.717, 1.165) is 49.5 Å². The molecule has 0 amide bonds. The summed E-state index contributed by atoms with van der Waals surface area (Å²) in [4.78, 5) is 4.61. The number of benzene rings is 1. The molecule has 0 aliphatic carbocycles. The van der Waals surface area contributed by atoms with Gasteiger partial charge in [-0.2, -0.15) is 0 Å². The highest BCUT2D eigenvalue weighted by atomic mass is 16.3. The van der Waals surface area contributed by atoms with Crippen LogP contribution < -0.4 is 5.73 Å². The molecule has 1 saturated heterocycles. The van der Waals surface area contributed by atoms with Crippen molar-refractivity contribution in [1.82, 2.24) is 9.80 Å². The van der Waals surface area contributed by atoms with Gasteiger partial charge >= 0.3 is 0 Å². The number of aliphatic hydroxyl groups is 1. The van der Waals surface area contributed by atoms with Gasteiger partial charge in [-0.1, -0.05) is 25.1 Å². The highest BCUT2D eigenvalue weighted by molar-refractivity contribution is 5.41. The van der Waals surface area contributed by atoms with E-state index in [2.05, 4.69) is 29.8 Å². The van der Waals surface area contributed by atoms with E-state index in [1.807, 2.05) is 24.3 Å². The minimum atomic E-state index is -0.570. The maximum atomic E-state index is 10.7. The van der Waals surface area contributed by atoms with Crippen LogP contribution >= 0.6 is 0 Å². The van der Waals surface area contributed by atoms with Gasteiger partial charge in [-0.25, -0.2) is 0 Å². The summed E-state index contributed by atoms with van der Waals surface area (Å²) in [5, 5.41) is 10.7. The second-order valence-electron chi connectivity index (χ2n) is 5.40. The largest absolute Gasteiger partial charge is 0.399 e. The first kappa shape index (κ1) is 14.9. The second kappa shape index (κ2) is 6.77. The molecule has 1 unspecified atom stereocenters. The number of nitrogens with zero attached hydrogens (tertiary/aromatic N) is 2. The van der Waals surface area contributed by atoms with Gasteiger partial charge in [0.2, 0.25) is 0 Å². The molecule has 0 saturated carbocycles. The Kier molecular flexibility index (Phi) is 5.04. The van der Waals surface area contributed by atoms with Crippen LogP contribution in [0.4, 0.5) is 5.69 Å². The minimum absolute atomic E-state index is 0.570. The first-order chi connectivity index (χ1) is 9.61. The van der Waals surface area contributed by atoms with E-state index in [1.165, 1.54) is 0 Å². The molecule has 2 rings (SSSR count). The molecular weight excluding hydrogens is 250 g/mol. The Morgan fingerprint density at radius 2 is 1.85 bits per heavy atom. The lowest BCUT2D eigenvalue weighted by molar-refractivity contribution is 0.125. The van der Waals surface area contributed by atoms with Crippen molar-refractivity contribution in [3.63, 3.8) is 0 Å². The standard InChI is InChI=1S/C16H25N3O/c1-3-4-15(19-11-9-18(2)10-12-19)16(20)13-5-7-14(17)8-6-13/h4-8,16,20H,3,9-12,17H2,1-2H3/b15-4+. The zero-order chi connectivity index (χ0) is 14.5. The fraction of sp³-hybridized carbons (Fsp3) is 0.500. The molecule has 1 aromatic carbocycles. The molecule has 1 aliphatic rings. The molecular formula is C16H25N3O. The van der Waals surface area contributed by atoms with Crippen LogP contribution in [0.15, 0.2) is 36.0 Å². The van der Waals surface area contributed by atoms with E-state index in [0.29, 0.717) is 0 Å². The van der Waals surface area contributed by atoms with Crippen molar-refractivity contribution in [2.24, 2.45) is 0 Å². The number of hydrogen-bond donors (Lipinski definition) is 2. The van der Waals surface area contributed by atoms with Crippen molar-refractivity contribution >= 4 is 5.69 Å². The maximum Gasteiger partial charge on any atom is 0.118 e. The molecule has 1 fully saturated rings. The Bertz CT molecular complexity index is 447. The van der Waals surface area contributed by atoms with E-state index >= 15 is 0 Å². The summed E-state index contributed by atoms with van der Waals surface area (Å²) in [5.74, 6) is 0. The number of anilines is 1. The van der Waals surface area contributed by atoms with Crippen LogP contribution in [-0.2, 0) is 0 Å². The molecule has 1 aliphatic heterocycles.